The van der Waals surface area contributed by atoms with Crippen LogP contribution >= 0.6 is 22.6 Å². The lowest BCUT2D eigenvalue weighted by Crippen LogP contribution is -2.19. The van der Waals surface area contributed by atoms with Gasteiger partial charge in [-0.25, -0.2) is 8.78 Å². The van der Waals surface area contributed by atoms with Crippen molar-refractivity contribution in [2.45, 2.75) is 6.04 Å². The molecule has 0 spiro atoms. The van der Waals surface area contributed by atoms with Gasteiger partial charge in [0.25, 0.3) is 0 Å². The first-order valence-corrected chi connectivity index (χ1v) is 6.58. The molecule has 0 aliphatic heterocycles. The first kappa shape index (κ1) is 13.4. The van der Waals surface area contributed by atoms with E-state index in [0.29, 0.717) is 5.56 Å². The molecule has 94 valence electrons. The van der Waals surface area contributed by atoms with Crippen molar-refractivity contribution in [1.82, 2.24) is 5.32 Å². The number of nitrogens with one attached hydrogen (secondary N) is 1. The van der Waals surface area contributed by atoms with Gasteiger partial charge in [-0.1, -0.05) is 24.3 Å². The molecule has 2 aromatic carbocycles. The SMILES string of the molecule is CNC(c1ccc(F)c(F)c1)c1ccccc1I. The molecule has 2 rings (SSSR count). The van der Waals surface area contributed by atoms with Gasteiger partial charge in [-0.2, -0.15) is 0 Å². The van der Waals surface area contributed by atoms with Crippen LogP contribution in [0.25, 0.3) is 0 Å². The van der Waals surface area contributed by atoms with Gasteiger partial charge in [-0.15, -0.1) is 0 Å². The summed E-state index contributed by atoms with van der Waals surface area (Å²) >= 11 is 2.23. The Balaban J connectivity index is 2.45. The molecule has 2 aromatic rings. The van der Waals surface area contributed by atoms with Crippen molar-refractivity contribution < 1.29 is 8.78 Å². The third-order valence-corrected chi connectivity index (χ3v) is 3.76. The Morgan fingerprint density at radius 2 is 1.78 bits per heavy atom. The number of hydrogen-bond acceptors (Lipinski definition) is 1. The second-order valence-electron chi connectivity index (χ2n) is 3.92. The minimum atomic E-state index is -0.823. The van der Waals surface area contributed by atoms with Gasteiger partial charge in [0, 0.05) is 3.57 Å². The van der Waals surface area contributed by atoms with Gasteiger partial charge in [-0.3, -0.25) is 0 Å². The molecule has 0 aliphatic rings. The van der Waals surface area contributed by atoms with Crippen molar-refractivity contribution in [3.05, 3.63) is 68.8 Å². The fourth-order valence-electron chi connectivity index (χ4n) is 1.90. The van der Waals surface area contributed by atoms with E-state index in [2.05, 4.69) is 27.9 Å². The highest BCUT2D eigenvalue weighted by Gasteiger charge is 2.16. The number of benzene rings is 2. The number of hydrogen-bond donors (Lipinski definition) is 1. The summed E-state index contributed by atoms with van der Waals surface area (Å²) in [6, 6.07) is 11.7. The predicted octanol–water partition coefficient (Wildman–Crippen LogP) is 3.88. The van der Waals surface area contributed by atoms with Crippen LogP contribution < -0.4 is 5.32 Å². The summed E-state index contributed by atoms with van der Waals surface area (Å²) in [6.45, 7) is 0. The monoisotopic (exact) mass is 359 g/mol. The Bertz CT molecular complexity index is 557. The molecule has 0 heterocycles. The zero-order valence-corrected chi connectivity index (χ0v) is 11.9. The number of halogens is 3. The minimum absolute atomic E-state index is 0.145. The third-order valence-electron chi connectivity index (χ3n) is 2.78. The lowest BCUT2D eigenvalue weighted by molar-refractivity contribution is 0.505. The van der Waals surface area contributed by atoms with Crippen LogP contribution in [0, 0.1) is 15.2 Å². The Kier molecular flexibility index (Phi) is 4.29. The highest BCUT2D eigenvalue weighted by Crippen LogP contribution is 2.26. The van der Waals surface area contributed by atoms with Crippen LogP contribution in [-0.2, 0) is 0 Å². The molecular formula is C14H12F2IN. The third kappa shape index (κ3) is 2.70. The molecule has 0 radical (unpaired) electrons. The molecule has 0 aliphatic carbocycles. The van der Waals surface area contributed by atoms with Crippen molar-refractivity contribution in [3.63, 3.8) is 0 Å². The van der Waals surface area contributed by atoms with Crippen molar-refractivity contribution in [3.8, 4) is 0 Å². The largest absolute Gasteiger partial charge is 0.309 e. The molecule has 1 N–H and O–H groups in total. The maximum atomic E-state index is 13.3. The zero-order valence-electron chi connectivity index (χ0n) is 9.75. The van der Waals surface area contributed by atoms with Gasteiger partial charge >= 0.3 is 0 Å². The minimum Gasteiger partial charge on any atom is -0.309 e. The van der Waals surface area contributed by atoms with Crippen LogP contribution in [0.1, 0.15) is 17.2 Å². The van der Waals surface area contributed by atoms with Gasteiger partial charge in [0.2, 0.25) is 0 Å². The Labute approximate surface area is 118 Å². The average molecular weight is 359 g/mol. The van der Waals surface area contributed by atoms with Gasteiger partial charge in [0.1, 0.15) is 0 Å². The van der Waals surface area contributed by atoms with Crippen molar-refractivity contribution in [1.29, 1.82) is 0 Å². The first-order valence-electron chi connectivity index (χ1n) is 5.50. The maximum absolute atomic E-state index is 13.3. The summed E-state index contributed by atoms with van der Waals surface area (Å²) in [7, 11) is 1.80. The standard InChI is InChI=1S/C14H12F2IN/c1-18-14(10-4-2-3-5-13(10)17)9-6-7-11(15)12(16)8-9/h2-8,14,18H,1H3. The predicted molar refractivity (Wildman–Crippen MR) is 76.4 cm³/mol. The second-order valence-corrected chi connectivity index (χ2v) is 5.08. The fraction of sp³-hybridized carbons (Fsp3) is 0.143. The molecule has 1 nitrogen and oxygen atoms in total. The van der Waals surface area contributed by atoms with E-state index in [4.69, 9.17) is 0 Å². The molecule has 0 amide bonds. The summed E-state index contributed by atoms with van der Waals surface area (Å²) in [5.74, 6) is -1.64. The van der Waals surface area contributed by atoms with E-state index in [-0.39, 0.29) is 6.04 Å². The Morgan fingerprint density at radius 3 is 2.39 bits per heavy atom. The smallest absolute Gasteiger partial charge is 0.159 e. The highest BCUT2D eigenvalue weighted by molar-refractivity contribution is 14.1. The lowest BCUT2D eigenvalue weighted by Gasteiger charge is -2.18. The Hall–Kier alpha value is -1.01. The topological polar surface area (TPSA) is 12.0 Å². The molecule has 0 saturated carbocycles. The van der Waals surface area contributed by atoms with Gasteiger partial charge < -0.3 is 5.32 Å². The van der Waals surface area contributed by atoms with Crippen LogP contribution in [0.2, 0.25) is 0 Å². The summed E-state index contributed by atoms with van der Waals surface area (Å²) in [5, 5.41) is 3.13. The summed E-state index contributed by atoms with van der Waals surface area (Å²) < 4.78 is 27.3. The van der Waals surface area contributed by atoms with E-state index in [1.165, 1.54) is 6.07 Å². The fourth-order valence-corrected chi connectivity index (χ4v) is 2.60. The van der Waals surface area contributed by atoms with Crippen LogP contribution in [0.15, 0.2) is 42.5 Å². The molecule has 0 aromatic heterocycles. The van der Waals surface area contributed by atoms with Crippen molar-refractivity contribution in [2.24, 2.45) is 0 Å². The molecule has 18 heavy (non-hydrogen) atoms. The van der Waals surface area contributed by atoms with Crippen LogP contribution in [-0.4, -0.2) is 7.05 Å². The van der Waals surface area contributed by atoms with Gasteiger partial charge in [0.05, 0.1) is 6.04 Å². The normalized spacial score (nSPS) is 12.4. The summed E-state index contributed by atoms with van der Waals surface area (Å²) in [6.07, 6.45) is 0. The van der Waals surface area contributed by atoms with Crippen LogP contribution in [0.5, 0.6) is 0 Å². The van der Waals surface area contributed by atoms with Crippen LogP contribution in [0.3, 0.4) is 0 Å². The molecule has 4 heteroatoms. The molecule has 1 unspecified atom stereocenters. The summed E-state index contributed by atoms with van der Waals surface area (Å²) in [4.78, 5) is 0. The highest BCUT2D eigenvalue weighted by atomic mass is 127. The molecule has 0 bridgehead atoms. The lowest BCUT2D eigenvalue weighted by atomic mass is 9.99. The molecule has 0 saturated heterocycles. The molecular weight excluding hydrogens is 347 g/mol. The first-order chi connectivity index (χ1) is 8.63. The van der Waals surface area contributed by atoms with Gasteiger partial charge in [-0.05, 0) is 59.0 Å². The summed E-state index contributed by atoms with van der Waals surface area (Å²) in [5.41, 5.74) is 1.76. The quantitative estimate of drug-likeness (QED) is 0.821. The molecule has 1 atom stereocenters. The van der Waals surface area contributed by atoms with Crippen LogP contribution in [0.4, 0.5) is 8.78 Å². The van der Waals surface area contributed by atoms with E-state index in [1.54, 1.807) is 13.1 Å². The molecule has 0 fully saturated rings. The zero-order chi connectivity index (χ0) is 13.1. The second kappa shape index (κ2) is 5.75. The van der Waals surface area contributed by atoms with E-state index in [9.17, 15) is 8.78 Å². The number of rotatable bonds is 3. The van der Waals surface area contributed by atoms with E-state index < -0.39 is 11.6 Å². The van der Waals surface area contributed by atoms with Crippen molar-refractivity contribution >= 4 is 22.6 Å². The maximum Gasteiger partial charge on any atom is 0.159 e. The Morgan fingerprint density at radius 1 is 1.06 bits per heavy atom. The van der Waals surface area contributed by atoms with E-state index in [0.717, 1.165) is 15.2 Å². The van der Waals surface area contributed by atoms with E-state index >= 15 is 0 Å². The van der Waals surface area contributed by atoms with Crippen molar-refractivity contribution in [2.75, 3.05) is 7.05 Å². The average Bonchev–Trinajstić information content (AvgIpc) is 2.37. The van der Waals surface area contributed by atoms with Gasteiger partial charge in [0.15, 0.2) is 11.6 Å². The van der Waals surface area contributed by atoms with E-state index in [1.807, 2.05) is 24.3 Å².